The zero-order chi connectivity index (χ0) is 14.7. The van der Waals surface area contributed by atoms with Crippen LogP contribution in [0.25, 0.3) is 0 Å². The average molecular weight is 279 g/mol. The maximum atomic E-state index is 12.2. The highest BCUT2D eigenvalue weighted by Gasteiger charge is 2.30. The summed E-state index contributed by atoms with van der Waals surface area (Å²) in [6, 6.07) is 5.94. The van der Waals surface area contributed by atoms with Crippen molar-refractivity contribution in [2.75, 3.05) is 13.6 Å². The van der Waals surface area contributed by atoms with Crippen LogP contribution in [-0.2, 0) is 11.3 Å². The minimum absolute atomic E-state index is 0.00608. The summed E-state index contributed by atoms with van der Waals surface area (Å²) in [6.45, 7) is 0.569. The first-order valence-corrected chi connectivity index (χ1v) is 6.37. The highest BCUT2D eigenvalue weighted by Crippen LogP contribution is 2.20. The fourth-order valence-corrected chi connectivity index (χ4v) is 2.33. The van der Waals surface area contributed by atoms with Gasteiger partial charge in [0.2, 0.25) is 5.91 Å². The molecule has 1 heterocycles. The van der Waals surface area contributed by atoms with Crippen molar-refractivity contribution < 1.29 is 14.8 Å². The van der Waals surface area contributed by atoms with E-state index in [-0.39, 0.29) is 18.1 Å². The molecule has 1 aliphatic heterocycles. The first-order chi connectivity index (χ1) is 9.49. The Morgan fingerprint density at radius 1 is 1.55 bits per heavy atom. The maximum absolute atomic E-state index is 12.2. The molecule has 1 fully saturated rings. The van der Waals surface area contributed by atoms with Crippen molar-refractivity contribution in [3.8, 4) is 0 Å². The minimum Gasteiger partial charge on any atom is -0.392 e. The van der Waals surface area contributed by atoms with E-state index in [2.05, 4.69) is 5.32 Å². The molecule has 1 aromatic rings. The minimum atomic E-state index is -0.511. The van der Waals surface area contributed by atoms with Crippen LogP contribution in [0.15, 0.2) is 24.3 Å². The van der Waals surface area contributed by atoms with Crippen LogP contribution in [0, 0.1) is 10.1 Å². The van der Waals surface area contributed by atoms with Crippen molar-refractivity contribution in [1.29, 1.82) is 0 Å². The van der Waals surface area contributed by atoms with Gasteiger partial charge in [0, 0.05) is 25.2 Å². The molecule has 0 bridgehead atoms. The second kappa shape index (κ2) is 5.98. The highest BCUT2D eigenvalue weighted by atomic mass is 16.6. The zero-order valence-electron chi connectivity index (χ0n) is 11.2. The molecule has 1 aromatic carbocycles. The standard InChI is InChI=1S/C13H17N3O4/c1-15(13(18)11-6-10(17)7-14-11)8-9-4-2-3-5-12(9)16(19)20/h2-5,10-11,14,17H,6-8H2,1H3. The Kier molecular flexibility index (Phi) is 4.31. The third kappa shape index (κ3) is 3.12. The Labute approximate surface area is 116 Å². The van der Waals surface area contributed by atoms with Crippen molar-refractivity contribution in [2.45, 2.75) is 25.1 Å². The van der Waals surface area contributed by atoms with Gasteiger partial charge in [-0.1, -0.05) is 18.2 Å². The Morgan fingerprint density at radius 3 is 2.85 bits per heavy atom. The van der Waals surface area contributed by atoms with Gasteiger partial charge in [-0.3, -0.25) is 14.9 Å². The molecule has 2 N–H and O–H groups in total. The number of rotatable bonds is 4. The van der Waals surface area contributed by atoms with Crippen LogP contribution in [0.2, 0.25) is 0 Å². The van der Waals surface area contributed by atoms with Crippen molar-refractivity contribution in [3.63, 3.8) is 0 Å². The summed E-state index contributed by atoms with van der Waals surface area (Å²) in [7, 11) is 1.60. The molecule has 7 nitrogen and oxygen atoms in total. The molecule has 1 saturated heterocycles. The summed E-state index contributed by atoms with van der Waals surface area (Å²) in [5, 5.41) is 23.3. The van der Waals surface area contributed by atoms with E-state index in [1.54, 1.807) is 25.2 Å². The number of hydrogen-bond donors (Lipinski definition) is 2. The van der Waals surface area contributed by atoms with Crippen LogP contribution < -0.4 is 5.32 Å². The number of nitro groups is 1. The molecule has 7 heteroatoms. The van der Waals surface area contributed by atoms with Gasteiger partial charge in [-0.25, -0.2) is 0 Å². The number of aliphatic hydroxyl groups is 1. The number of nitrogens with one attached hydrogen (secondary N) is 1. The molecule has 0 saturated carbocycles. The molecule has 2 rings (SSSR count). The van der Waals surface area contributed by atoms with Gasteiger partial charge in [0.1, 0.15) is 0 Å². The third-order valence-electron chi connectivity index (χ3n) is 3.38. The van der Waals surface area contributed by atoms with Crippen LogP contribution >= 0.6 is 0 Å². The van der Waals surface area contributed by atoms with Gasteiger partial charge in [-0.15, -0.1) is 0 Å². The lowest BCUT2D eigenvalue weighted by atomic mass is 10.1. The summed E-state index contributed by atoms with van der Waals surface area (Å²) in [5.74, 6) is -0.167. The fourth-order valence-electron chi connectivity index (χ4n) is 2.33. The number of nitro benzene ring substituents is 1. The van der Waals surface area contributed by atoms with Crippen molar-refractivity contribution in [3.05, 3.63) is 39.9 Å². The van der Waals surface area contributed by atoms with Gasteiger partial charge in [-0.2, -0.15) is 0 Å². The molecular weight excluding hydrogens is 262 g/mol. The SMILES string of the molecule is CN(Cc1ccccc1[N+](=O)[O-])C(=O)C1CC(O)CN1. The molecule has 0 radical (unpaired) electrons. The third-order valence-corrected chi connectivity index (χ3v) is 3.38. The quantitative estimate of drug-likeness (QED) is 0.609. The number of benzene rings is 1. The average Bonchev–Trinajstić information content (AvgIpc) is 2.84. The van der Waals surface area contributed by atoms with Gasteiger partial charge in [0.05, 0.1) is 23.6 Å². The smallest absolute Gasteiger partial charge is 0.274 e. The second-order valence-corrected chi connectivity index (χ2v) is 4.93. The molecule has 1 amide bonds. The predicted molar refractivity (Wildman–Crippen MR) is 72.0 cm³/mol. The van der Waals surface area contributed by atoms with Gasteiger partial charge in [-0.05, 0) is 6.42 Å². The van der Waals surface area contributed by atoms with E-state index >= 15 is 0 Å². The summed E-state index contributed by atoms with van der Waals surface area (Å²) >= 11 is 0. The van der Waals surface area contributed by atoms with Gasteiger partial charge >= 0.3 is 0 Å². The topological polar surface area (TPSA) is 95.7 Å². The lowest BCUT2D eigenvalue weighted by molar-refractivity contribution is -0.385. The number of β-amino-alcohol motifs (C(OH)–C–C–N with tert-alkyl or cyclic N) is 1. The molecule has 2 unspecified atom stereocenters. The van der Waals surface area contributed by atoms with E-state index in [1.807, 2.05) is 0 Å². The van der Waals surface area contributed by atoms with Crippen LogP contribution in [-0.4, -0.2) is 46.6 Å². The van der Waals surface area contributed by atoms with Crippen molar-refractivity contribution in [2.24, 2.45) is 0 Å². The largest absolute Gasteiger partial charge is 0.392 e. The summed E-state index contributed by atoms with van der Waals surface area (Å²) in [6.07, 6.45) is -0.136. The van der Waals surface area contributed by atoms with Crippen LogP contribution in [0.3, 0.4) is 0 Å². The van der Waals surface area contributed by atoms with Gasteiger partial charge in [0.15, 0.2) is 0 Å². The Hall–Kier alpha value is -1.99. The van der Waals surface area contributed by atoms with E-state index in [0.717, 1.165) is 0 Å². The Balaban J connectivity index is 2.06. The summed E-state index contributed by atoms with van der Waals surface area (Å²) < 4.78 is 0. The molecular formula is C13H17N3O4. The van der Waals surface area contributed by atoms with E-state index in [1.165, 1.54) is 11.0 Å². The summed E-state index contributed by atoms with van der Waals surface area (Å²) in [5.41, 5.74) is 0.499. The zero-order valence-corrected chi connectivity index (χ0v) is 11.2. The van der Waals surface area contributed by atoms with Crippen LogP contribution in [0.5, 0.6) is 0 Å². The molecule has 2 atom stereocenters. The van der Waals surface area contributed by atoms with E-state index in [4.69, 9.17) is 0 Å². The number of amides is 1. The number of likely N-dealkylation sites (N-methyl/N-ethyl adjacent to an activating group) is 1. The predicted octanol–water partition coefficient (Wildman–Crippen LogP) is 0.276. The molecule has 108 valence electrons. The monoisotopic (exact) mass is 279 g/mol. The van der Waals surface area contributed by atoms with E-state index in [9.17, 15) is 20.0 Å². The van der Waals surface area contributed by atoms with Crippen LogP contribution in [0.4, 0.5) is 5.69 Å². The number of para-hydroxylation sites is 1. The Morgan fingerprint density at radius 2 is 2.25 bits per heavy atom. The number of carbonyl (C=O) groups is 1. The number of carbonyl (C=O) groups excluding carboxylic acids is 1. The van der Waals surface area contributed by atoms with Crippen molar-refractivity contribution >= 4 is 11.6 Å². The highest BCUT2D eigenvalue weighted by molar-refractivity contribution is 5.82. The second-order valence-electron chi connectivity index (χ2n) is 4.93. The van der Waals surface area contributed by atoms with Crippen LogP contribution in [0.1, 0.15) is 12.0 Å². The molecule has 20 heavy (non-hydrogen) atoms. The lowest BCUT2D eigenvalue weighted by Crippen LogP contribution is -2.41. The van der Waals surface area contributed by atoms with E-state index in [0.29, 0.717) is 18.5 Å². The number of hydrogen-bond acceptors (Lipinski definition) is 5. The lowest BCUT2D eigenvalue weighted by Gasteiger charge is -2.21. The van der Waals surface area contributed by atoms with Crippen molar-refractivity contribution in [1.82, 2.24) is 10.2 Å². The summed E-state index contributed by atoms with van der Waals surface area (Å²) in [4.78, 5) is 24.1. The normalized spacial score (nSPS) is 21.7. The molecule has 1 aliphatic rings. The van der Waals surface area contributed by atoms with Gasteiger partial charge < -0.3 is 15.3 Å². The first kappa shape index (κ1) is 14.4. The number of aliphatic hydroxyl groups excluding tert-OH is 1. The molecule has 0 aliphatic carbocycles. The fraction of sp³-hybridized carbons (Fsp3) is 0.462. The van der Waals surface area contributed by atoms with Gasteiger partial charge in [0.25, 0.3) is 5.69 Å². The first-order valence-electron chi connectivity index (χ1n) is 6.37. The van der Waals surface area contributed by atoms with E-state index < -0.39 is 17.1 Å². The Bertz CT molecular complexity index is 520. The molecule has 0 aromatic heterocycles. The maximum Gasteiger partial charge on any atom is 0.274 e. The number of nitrogens with zero attached hydrogens (tertiary/aromatic N) is 2. The molecule has 0 spiro atoms.